The predicted molar refractivity (Wildman–Crippen MR) is 128 cm³/mol. The van der Waals surface area contributed by atoms with Crippen molar-refractivity contribution >= 4 is 39.6 Å². The summed E-state index contributed by atoms with van der Waals surface area (Å²) in [5.74, 6) is 1.63. The van der Waals surface area contributed by atoms with E-state index in [0.717, 1.165) is 48.3 Å². The van der Waals surface area contributed by atoms with Crippen molar-refractivity contribution in [3.05, 3.63) is 54.4 Å². The molecular weight excluding hydrogens is 416 g/mol. The first-order valence-corrected chi connectivity index (χ1v) is 11.3. The number of aromatic amines is 1. The number of nitrogens with one attached hydrogen (secondary N) is 2. The third-order valence-electron chi connectivity index (χ3n) is 6.59. The highest BCUT2D eigenvalue weighted by Crippen LogP contribution is 2.34. The number of amides is 1. The first-order valence-electron chi connectivity index (χ1n) is 11.3. The van der Waals surface area contributed by atoms with E-state index in [1.165, 1.54) is 5.39 Å². The molecule has 1 aromatic carbocycles. The van der Waals surface area contributed by atoms with Crippen LogP contribution >= 0.6 is 0 Å². The number of fused-ring (bicyclic) bond motifs is 2. The Hall–Kier alpha value is -3.72. The van der Waals surface area contributed by atoms with Gasteiger partial charge in [0.15, 0.2) is 5.65 Å². The summed E-state index contributed by atoms with van der Waals surface area (Å²) in [6.45, 7) is 3.43. The average Bonchev–Trinajstić information content (AvgIpc) is 3.43. The van der Waals surface area contributed by atoms with Gasteiger partial charge in [-0.05, 0) is 48.1 Å². The van der Waals surface area contributed by atoms with Crippen LogP contribution in [0.4, 0.5) is 11.6 Å². The maximum atomic E-state index is 12.5. The van der Waals surface area contributed by atoms with E-state index in [1.54, 1.807) is 6.20 Å². The topological polar surface area (TPSA) is 116 Å². The zero-order valence-corrected chi connectivity index (χ0v) is 18.3. The largest absolute Gasteiger partial charge is 0.365 e. The smallest absolute Gasteiger partial charge is 0.242 e. The Kier molecular flexibility index (Phi) is 4.65. The average molecular weight is 443 g/mol. The van der Waals surface area contributed by atoms with Crippen LogP contribution in [-0.4, -0.2) is 62.5 Å². The lowest BCUT2D eigenvalue weighted by Gasteiger charge is -2.36. The lowest BCUT2D eigenvalue weighted by Crippen LogP contribution is -2.54. The molecule has 2 aliphatic rings. The van der Waals surface area contributed by atoms with Gasteiger partial charge in [0.25, 0.3) is 0 Å². The molecule has 9 heteroatoms. The third-order valence-corrected chi connectivity index (χ3v) is 6.59. The maximum Gasteiger partial charge on any atom is 0.242 e. The number of anilines is 2. The number of benzene rings is 1. The molecular formula is C24H26N8O. The van der Waals surface area contributed by atoms with E-state index < -0.39 is 5.54 Å². The number of hydrogen-bond donors (Lipinski definition) is 3. The van der Waals surface area contributed by atoms with Crippen LogP contribution in [0.3, 0.4) is 0 Å². The molecule has 0 bridgehead atoms. The number of pyridine rings is 1. The highest BCUT2D eigenvalue weighted by atomic mass is 16.2. The van der Waals surface area contributed by atoms with E-state index in [-0.39, 0.29) is 5.91 Å². The lowest BCUT2D eigenvalue weighted by atomic mass is 10.1. The van der Waals surface area contributed by atoms with Crippen molar-refractivity contribution in [2.75, 3.05) is 36.4 Å². The molecule has 0 spiro atoms. The van der Waals surface area contributed by atoms with Crippen LogP contribution in [0.25, 0.3) is 22.1 Å². The van der Waals surface area contributed by atoms with Gasteiger partial charge in [-0.3, -0.25) is 4.79 Å². The molecule has 1 saturated carbocycles. The first-order chi connectivity index (χ1) is 16.1. The number of rotatable bonds is 5. The van der Waals surface area contributed by atoms with Crippen molar-refractivity contribution < 1.29 is 4.79 Å². The normalized spacial score (nSPS) is 17.5. The van der Waals surface area contributed by atoms with Crippen molar-refractivity contribution in [1.29, 1.82) is 0 Å². The van der Waals surface area contributed by atoms with Gasteiger partial charge in [0.1, 0.15) is 17.2 Å². The van der Waals surface area contributed by atoms with Gasteiger partial charge in [-0.25, -0.2) is 15.0 Å². The Bertz CT molecular complexity index is 1340. The quantitative estimate of drug-likeness (QED) is 0.434. The highest BCUT2D eigenvalue weighted by molar-refractivity contribution is 5.89. The number of aromatic nitrogens is 4. The summed E-state index contributed by atoms with van der Waals surface area (Å²) in [5, 5.41) is 4.55. The minimum atomic E-state index is -0.602. The fourth-order valence-electron chi connectivity index (χ4n) is 4.35. The molecule has 1 aliphatic carbocycles. The molecule has 1 saturated heterocycles. The molecule has 4 heterocycles. The van der Waals surface area contributed by atoms with E-state index in [4.69, 9.17) is 10.7 Å². The van der Waals surface area contributed by atoms with Gasteiger partial charge in [0.2, 0.25) is 5.91 Å². The number of carbonyl (C=O) groups excluding carboxylic acids is 1. The van der Waals surface area contributed by atoms with Gasteiger partial charge in [-0.2, -0.15) is 0 Å². The van der Waals surface area contributed by atoms with Crippen molar-refractivity contribution in [3.8, 4) is 0 Å². The van der Waals surface area contributed by atoms with Crippen molar-refractivity contribution in [2.45, 2.75) is 24.9 Å². The Morgan fingerprint density at radius 1 is 1.09 bits per heavy atom. The summed E-state index contributed by atoms with van der Waals surface area (Å²) in [6, 6.07) is 12.3. The summed E-state index contributed by atoms with van der Waals surface area (Å²) in [4.78, 5) is 33.8. The van der Waals surface area contributed by atoms with Crippen LogP contribution in [0.15, 0.2) is 48.8 Å². The van der Waals surface area contributed by atoms with E-state index in [2.05, 4.69) is 49.4 Å². The molecule has 1 aliphatic heterocycles. The number of H-pyrrole nitrogens is 1. The number of nitrogens with two attached hydrogens (primary N) is 1. The standard InChI is InChI=1S/C24H26N8O/c25-24(6-7-24)23(33)32-11-9-31(10-12-32)21-4-3-18-22(30-21)29-20(15-27-18)28-14-16-1-2-17-5-8-26-19(17)13-16/h1-5,8,13,15,26H,6-7,9-12,14,25H2,(H,28,29,30). The zero-order valence-electron chi connectivity index (χ0n) is 18.3. The van der Waals surface area contributed by atoms with Gasteiger partial charge in [0, 0.05) is 44.4 Å². The van der Waals surface area contributed by atoms with Crippen LogP contribution in [0, 0.1) is 0 Å². The van der Waals surface area contributed by atoms with E-state index in [0.29, 0.717) is 31.1 Å². The number of carbonyl (C=O) groups is 1. The number of nitrogens with zero attached hydrogens (tertiary/aromatic N) is 5. The Morgan fingerprint density at radius 3 is 2.76 bits per heavy atom. The van der Waals surface area contributed by atoms with Crippen LogP contribution in [0.5, 0.6) is 0 Å². The SMILES string of the molecule is NC1(C(=O)N2CCN(c3ccc4ncc(NCc5ccc6cc[nH]c6c5)nc4n3)CC2)CC1. The minimum Gasteiger partial charge on any atom is -0.365 e. The Balaban J connectivity index is 1.14. The molecule has 4 aromatic rings. The summed E-state index contributed by atoms with van der Waals surface area (Å²) >= 11 is 0. The highest BCUT2D eigenvalue weighted by Gasteiger charge is 2.48. The summed E-state index contributed by atoms with van der Waals surface area (Å²) < 4.78 is 0. The fraction of sp³-hybridized carbons (Fsp3) is 0.333. The van der Waals surface area contributed by atoms with Gasteiger partial charge in [0.05, 0.1) is 11.7 Å². The molecule has 0 unspecified atom stereocenters. The molecule has 33 heavy (non-hydrogen) atoms. The first kappa shape index (κ1) is 19.9. The lowest BCUT2D eigenvalue weighted by molar-refractivity contribution is -0.133. The van der Waals surface area contributed by atoms with Crippen LogP contribution < -0.4 is 16.0 Å². The second kappa shape index (κ2) is 7.70. The summed E-state index contributed by atoms with van der Waals surface area (Å²) in [5.41, 5.74) is 9.12. The molecule has 2 fully saturated rings. The fourth-order valence-corrected chi connectivity index (χ4v) is 4.35. The molecule has 4 N–H and O–H groups in total. The molecule has 0 radical (unpaired) electrons. The van der Waals surface area contributed by atoms with Crippen molar-refractivity contribution in [3.63, 3.8) is 0 Å². The van der Waals surface area contributed by atoms with Crippen molar-refractivity contribution in [2.24, 2.45) is 5.73 Å². The van der Waals surface area contributed by atoms with Crippen LogP contribution in [0.2, 0.25) is 0 Å². The minimum absolute atomic E-state index is 0.0885. The summed E-state index contributed by atoms with van der Waals surface area (Å²) in [6.07, 6.45) is 5.28. The van der Waals surface area contributed by atoms with Crippen LogP contribution in [0.1, 0.15) is 18.4 Å². The Labute approximate surface area is 191 Å². The van der Waals surface area contributed by atoms with E-state index >= 15 is 0 Å². The molecule has 168 valence electrons. The van der Waals surface area contributed by atoms with Gasteiger partial charge in [-0.15, -0.1) is 0 Å². The van der Waals surface area contributed by atoms with Gasteiger partial charge < -0.3 is 25.8 Å². The third kappa shape index (κ3) is 3.84. The number of piperazine rings is 1. The molecule has 3 aromatic heterocycles. The molecule has 6 rings (SSSR count). The maximum absolute atomic E-state index is 12.5. The molecule has 1 amide bonds. The van der Waals surface area contributed by atoms with Gasteiger partial charge in [-0.1, -0.05) is 12.1 Å². The van der Waals surface area contributed by atoms with E-state index in [1.807, 2.05) is 23.2 Å². The van der Waals surface area contributed by atoms with Crippen molar-refractivity contribution in [1.82, 2.24) is 24.8 Å². The predicted octanol–water partition coefficient (Wildman–Crippen LogP) is 2.26. The number of hydrogen-bond acceptors (Lipinski definition) is 7. The monoisotopic (exact) mass is 442 g/mol. The van der Waals surface area contributed by atoms with E-state index in [9.17, 15) is 4.79 Å². The summed E-state index contributed by atoms with van der Waals surface area (Å²) in [7, 11) is 0. The van der Waals surface area contributed by atoms with Crippen LogP contribution in [-0.2, 0) is 11.3 Å². The molecule has 0 atom stereocenters. The molecule has 9 nitrogen and oxygen atoms in total. The second-order valence-electron chi connectivity index (χ2n) is 8.96. The zero-order chi connectivity index (χ0) is 22.4. The van der Waals surface area contributed by atoms with Gasteiger partial charge >= 0.3 is 0 Å². The Morgan fingerprint density at radius 2 is 1.94 bits per heavy atom. The second-order valence-corrected chi connectivity index (χ2v) is 8.96.